The van der Waals surface area contributed by atoms with Crippen molar-refractivity contribution in [3.05, 3.63) is 63.1 Å². The van der Waals surface area contributed by atoms with E-state index in [1.54, 1.807) is 24.3 Å². The van der Waals surface area contributed by atoms with E-state index in [4.69, 9.17) is 17.3 Å². The van der Waals surface area contributed by atoms with Gasteiger partial charge in [-0.05, 0) is 35.9 Å². The van der Waals surface area contributed by atoms with Crippen LogP contribution in [0.15, 0.2) is 46.9 Å². The third-order valence-electron chi connectivity index (χ3n) is 2.53. The van der Waals surface area contributed by atoms with E-state index < -0.39 is 0 Å². The molecule has 19 heavy (non-hydrogen) atoms. The summed E-state index contributed by atoms with van der Waals surface area (Å²) >= 11 is 9.21. The van der Waals surface area contributed by atoms with E-state index in [-0.39, 0.29) is 5.91 Å². The number of carbonyl (C=O) groups is 1. The first-order chi connectivity index (χ1) is 9.04. The highest BCUT2D eigenvalue weighted by atomic mass is 79.9. The lowest BCUT2D eigenvalue weighted by atomic mass is 10.2. The minimum atomic E-state index is -0.175. The fourth-order valence-corrected chi connectivity index (χ4v) is 2.53. The Balaban J connectivity index is 2.05. The summed E-state index contributed by atoms with van der Waals surface area (Å²) < 4.78 is 0.772. The Morgan fingerprint density at radius 1 is 1.26 bits per heavy atom. The topological polar surface area (TPSA) is 55.1 Å². The molecule has 0 aromatic heterocycles. The number of nitrogen functional groups attached to an aromatic ring is 1. The number of anilines is 1. The summed E-state index contributed by atoms with van der Waals surface area (Å²) in [7, 11) is 0. The number of hydrogen-bond acceptors (Lipinski definition) is 2. The minimum absolute atomic E-state index is 0.175. The average Bonchev–Trinajstić information content (AvgIpc) is 2.35. The number of rotatable bonds is 3. The average molecular weight is 340 g/mol. The van der Waals surface area contributed by atoms with Crippen molar-refractivity contribution < 1.29 is 4.79 Å². The molecule has 0 aliphatic rings. The summed E-state index contributed by atoms with van der Waals surface area (Å²) in [6.45, 7) is 0.425. The zero-order valence-corrected chi connectivity index (χ0v) is 12.3. The number of nitrogens with one attached hydrogen (secondary N) is 1. The van der Waals surface area contributed by atoms with Crippen LogP contribution in [-0.2, 0) is 6.54 Å². The van der Waals surface area contributed by atoms with E-state index in [0.717, 1.165) is 10.0 Å². The van der Waals surface area contributed by atoms with Crippen molar-refractivity contribution in [3.8, 4) is 0 Å². The summed E-state index contributed by atoms with van der Waals surface area (Å²) in [6.07, 6.45) is 0. The van der Waals surface area contributed by atoms with Crippen LogP contribution in [0.3, 0.4) is 0 Å². The molecule has 0 fully saturated rings. The molecule has 2 aromatic carbocycles. The van der Waals surface area contributed by atoms with Crippen molar-refractivity contribution in [2.24, 2.45) is 0 Å². The van der Waals surface area contributed by atoms with Crippen LogP contribution in [0.4, 0.5) is 5.69 Å². The first-order valence-corrected chi connectivity index (χ1v) is 6.80. The van der Waals surface area contributed by atoms with Crippen molar-refractivity contribution in [1.29, 1.82) is 0 Å². The van der Waals surface area contributed by atoms with Crippen molar-refractivity contribution in [2.45, 2.75) is 6.54 Å². The van der Waals surface area contributed by atoms with Gasteiger partial charge in [0, 0.05) is 27.3 Å². The fourth-order valence-electron chi connectivity index (χ4n) is 1.67. The van der Waals surface area contributed by atoms with Crippen LogP contribution in [0, 0.1) is 0 Å². The summed E-state index contributed by atoms with van der Waals surface area (Å²) in [5.41, 5.74) is 7.83. The lowest BCUT2D eigenvalue weighted by Crippen LogP contribution is -2.22. The maximum atomic E-state index is 12.0. The van der Waals surface area contributed by atoms with Gasteiger partial charge < -0.3 is 11.1 Å². The quantitative estimate of drug-likeness (QED) is 0.839. The van der Waals surface area contributed by atoms with Crippen LogP contribution < -0.4 is 11.1 Å². The molecule has 1 amide bonds. The van der Waals surface area contributed by atoms with E-state index in [1.165, 1.54) is 0 Å². The number of halogens is 2. The Morgan fingerprint density at radius 2 is 2.05 bits per heavy atom. The lowest BCUT2D eigenvalue weighted by Gasteiger charge is -2.07. The van der Waals surface area contributed by atoms with Gasteiger partial charge in [-0.25, -0.2) is 0 Å². The maximum absolute atomic E-state index is 12.0. The molecule has 0 aliphatic carbocycles. The monoisotopic (exact) mass is 338 g/mol. The Bertz CT molecular complexity index is 596. The Morgan fingerprint density at radius 3 is 2.74 bits per heavy atom. The standard InChI is InChI=1S/C14H12BrClN2O/c15-11-5-10(6-12(16)7-11)14(19)18-8-9-2-1-3-13(17)4-9/h1-7H,8,17H2,(H,18,19). The SMILES string of the molecule is Nc1cccc(CNC(=O)c2cc(Cl)cc(Br)c2)c1. The van der Waals surface area contributed by atoms with Gasteiger partial charge in [0.05, 0.1) is 0 Å². The van der Waals surface area contributed by atoms with Gasteiger partial charge in [0.1, 0.15) is 0 Å². The molecule has 0 atom stereocenters. The molecular formula is C14H12BrClN2O. The molecule has 2 aromatic rings. The molecule has 5 heteroatoms. The molecule has 0 unspecified atom stereocenters. The van der Waals surface area contributed by atoms with E-state index >= 15 is 0 Å². The Hall–Kier alpha value is -1.52. The molecule has 0 spiro atoms. The van der Waals surface area contributed by atoms with Crippen molar-refractivity contribution in [1.82, 2.24) is 5.32 Å². The van der Waals surface area contributed by atoms with Crippen LogP contribution >= 0.6 is 27.5 Å². The van der Waals surface area contributed by atoms with Gasteiger partial charge in [-0.2, -0.15) is 0 Å². The summed E-state index contributed by atoms with van der Waals surface area (Å²) in [5.74, 6) is -0.175. The van der Waals surface area contributed by atoms with E-state index in [1.807, 2.05) is 18.2 Å². The normalized spacial score (nSPS) is 10.2. The third-order valence-corrected chi connectivity index (χ3v) is 3.20. The summed E-state index contributed by atoms with van der Waals surface area (Å²) in [6, 6.07) is 12.5. The van der Waals surface area contributed by atoms with Crippen LogP contribution in [0.2, 0.25) is 5.02 Å². The highest BCUT2D eigenvalue weighted by Gasteiger charge is 2.07. The van der Waals surface area contributed by atoms with Crippen molar-refractivity contribution in [3.63, 3.8) is 0 Å². The molecule has 0 saturated carbocycles. The van der Waals surface area contributed by atoms with Gasteiger partial charge in [0.15, 0.2) is 0 Å². The number of benzene rings is 2. The largest absolute Gasteiger partial charge is 0.399 e. The van der Waals surface area contributed by atoms with Crippen molar-refractivity contribution in [2.75, 3.05) is 5.73 Å². The first kappa shape index (κ1) is 13.9. The van der Waals surface area contributed by atoms with Crippen LogP contribution in [0.1, 0.15) is 15.9 Å². The van der Waals surface area contributed by atoms with Gasteiger partial charge >= 0.3 is 0 Å². The maximum Gasteiger partial charge on any atom is 0.251 e. The molecule has 0 aliphatic heterocycles. The van der Waals surface area contributed by atoms with Crippen LogP contribution in [-0.4, -0.2) is 5.91 Å². The molecule has 3 nitrogen and oxygen atoms in total. The molecular weight excluding hydrogens is 328 g/mol. The van der Waals surface area contributed by atoms with Crippen molar-refractivity contribution >= 4 is 39.1 Å². The highest BCUT2D eigenvalue weighted by molar-refractivity contribution is 9.10. The summed E-state index contributed by atoms with van der Waals surface area (Å²) in [4.78, 5) is 12.0. The molecule has 0 heterocycles. The van der Waals surface area contributed by atoms with E-state index in [9.17, 15) is 4.79 Å². The highest BCUT2D eigenvalue weighted by Crippen LogP contribution is 2.19. The zero-order valence-electron chi connectivity index (χ0n) is 9.99. The molecule has 2 rings (SSSR count). The smallest absolute Gasteiger partial charge is 0.251 e. The van der Waals surface area contributed by atoms with Gasteiger partial charge in [-0.1, -0.05) is 39.7 Å². The number of carbonyl (C=O) groups excluding carboxylic acids is 1. The van der Waals surface area contributed by atoms with Crippen LogP contribution in [0.5, 0.6) is 0 Å². The minimum Gasteiger partial charge on any atom is -0.399 e. The predicted molar refractivity (Wildman–Crippen MR) is 81.2 cm³/mol. The molecule has 0 bridgehead atoms. The van der Waals surface area contributed by atoms with Gasteiger partial charge in [-0.15, -0.1) is 0 Å². The molecule has 0 saturated heterocycles. The Kier molecular flexibility index (Phi) is 4.45. The molecule has 98 valence electrons. The fraction of sp³-hybridized carbons (Fsp3) is 0.0714. The Labute approximate surface area is 124 Å². The predicted octanol–water partition coefficient (Wildman–Crippen LogP) is 3.61. The van der Waals surface area contributed by atoms with E-state index in [2.05, 4.69) is 21.2 Å². The third kappa shape index (κ3) is 3.98. The second-order valence-corrected chi connectivity index (χ2v) is 5.44. The second kappa shape index (κ2) is 6.08. The number of hydrogen-bond donors (Lipinski definition) is 2. The molecule has 0 radical (unpaired) electrons. The van der Waals surface area contributed by atoms with Gasteiger partial charge in [-0.3, -0.25) is 4.79 Å². The second-order valence-electron chi connectivity index (χ2n) is 4.09. The zero-order chi connectivity index (χ0) is 13.8. The number of amides is 1. The summed E-state index contributed by atoms with van der Waals surface area (Å²) in [5, 5.41) is 3.34. The lowest BCUT2D eigenvalue weighted by molar-refractivity contribution is 0.0951. The first-order valence-electron chi connectivity index (χ1n) is 5.63. The molecule has 3 N–H and O–H groups in total. The van der Waals surface area contributed by atoms with Crippen LogP contribution in [0.25, 0.3) is 0 Å². The van der Waals surface area contributed by atoms with Gasteiger partial charge in [0.2, 0.25) is 0 Å². The van der Waals surface area contributed by atoms with Gasteiger partial charge in [0.25, 0.3) is 5.91 Å². The number of nitrogens with two attached hydrogens (primary N) is 1. The van der Waals surface area contributed by atoms with E-state index in [0.29, 0.717) is 22.8 Å².